The van der Waals surface area contributed by atoms with Crippen molar-refractivity contribution in [1.82, 2.24) is 4.98 Å². The minimum absolute atomic E-state index is 0.469. The van der Waals surface area contributed by atoms with Crippen LogP contribution in [0.3, 0.4) is 0 Å². The number of pyridine rings is 1. The molecule has 0 radical (unpaired) electrons. The molecule has 16 heavy (non-hydrogen) atoms. The predicted octanol–water partition coefficient (Wildman–Crippen LogP) is 3.04. The van der Waals surface area contributed by atoms with Gasteiger partial charge >= 0.3 is 0 Å². The molecule has 1 saturated carbocycles. The normalized spacial score (nSPS) is 24.0. The molecule has 1 unspecified atom stereocenters. The Kier molecular flexibility index (Phi) is 3.03. The van der Waals surface area contributed by atoms with Crippen molar-refractivity contribution in [1.29, 1.82) is 0 Å². The van der Waals surface area contributed by atoms with Gasteiger partial charge in [0.1, 0.15) is 5.82 Å². The molecule has 1 aromatic heterocycles. The van der Waals surface area contributed by atoms with E-state index in [0.717, 1.165) is 5.69 Å². The van der Waals surface area contributed by atoms with E-state index in [0.29, 0.717) is 17.3 Å². The Morgan fingerprint density at radius 2 is 2.25 bits per heavy atom. The quantitative estimate of drug-likeness (QED) is 0.803. The van der Waals surface area contributed by atoms with Crippen molar-refractivity contribution in [2.45, 2.75) is 45.6 Å². The molecule has 3 N–H and O–H groups in total. The average Bonchev–Trinajstić information content (AvgIpc) is 2.20. The number of hydrogen-bond acceptors (Lipinski definition) is 3. The number of rotatable bonds is 2. The fourth-order valence-corrected chi connectivity index (χ4v) is 2.55. The van der Waals surface area contributed by atoms with Gasteiger partial charge in [-0.1, -0.05) is 20.3 Å². The van der Waals surface area contributed by atoms with Gasteiger partial charge in [0.15, 0.2) is 0 Å². The number of anilines is 2. The molecule has 1 atom stereocenters. The first kappa shape index (κ1) is 11.2. The van der Waals surface area contributed by atoms with Crippen LogP contribution < -0.4 is 11.1 Å². The van der Waals surface area contributed by atoms with Crippen molar-refractivity contribution in [3.63, 3.8) is 0 Å². The van der Waals surface area contributed by atoms with E-state index >= 15 is 0 Å². The zero-order valence-corrected chi connectivity index (χ0v) is 10.2. The number of hydrogen-bond donors (Lipinski definition) is 2. The monoisotopic (exact) mass is 219 g/mol. The van der Waals surface area contributed by atoms with Crippen LogP contribution in [0.5, 0.6) is 0 Å². The second-order valence-electron chi connectivity index (χ2n) is 5.57. The summed E-state index contributed by atoms with van der Waals surface area (Å²) in [7, 11) is 0. The van der Waals surface area contributed by atoms with E-state index < -0.39 is 0 Å². The number of aromatic nitrogens is 1. The van der Waals surface area contributed by atoms with Gasteiger partial charge in [0.2, 0.25) is 0 Å². The summed E-state index contributed by atoms with van der Waals surface area (Å²) in [6, 6.07) is 4.43. The molecule has 0 amide bonds. The lowest BCUT2D eigenvalue weighted by Gasteiger charge is -2.36. The molecule has 1 aromatic rings. The highest BCUT2D eigenvalue weighted by Crippen LogP contribution is 2.36. The molecule has 0 aromatic carbocycles. The van der Waals surface area contributed by atoms with Gasteiger partial charge in [-0.05, 0) is 36.8 Å². The largest absolute Gasteiger partial charge is 0.384 e. The van der Waals surface area contributed by atoms with Crippen molar-refractivity contribution in [3.8, 4) is 0 Å². The lowest BCUT2D eigenvalue weighted by Crippen LogP contribution is -2.31. The van der Waals surface area contributed by atoms with Crippen molar-refractivity contribution < 1.29 is 0 Å². The lowest BCUT2D eigenvalue weighted by atomic mass is 9.75. The van der Waals surface area contributed by atoms with Crippen LogP contribution in [-0.2, 0) is 0 Å². The van der Waals surface area contributed by atoms with Crippen LogP contribution in [0.4, 0.5) is 11.5 Å². The third-order valence-corrected chi connectivity index (χ3v) is 3.36. The van der Waals surface area contributed by atoms with Gasteiger partial charge in [-0.2, -0.15) is 0 Å². The number of nitrogen functional groups attached to an aromatic ring is 1. The smallest absolute Gasteiger partial charge is 0.123 e. The Bertz CT molecular complexity index is 343. The SMILES string of the molecule is CC1(C)CCCC(Nc2ccc(N)nc2)C1. The first-order chi connectivity index (χ1) is 7.55. The molecular weight excluding hydrogens is 198 g/mol. The van der Waals surface area contributed by atoms with Gasteiger partial charge in [-0.3, -0.25) is 0 Å². The van der Waals surface area contributed by atoms with Crippen LogP contribution in [-0.4, -0.2) is 11.0 Å². The van der Waals surface area contributed by atoms with E-state index in [1.165, 1.54) is 25.7 Å². The fourth-order valence-electron chi connectivity index (χ4n) is 2.55. The van der Waals surface area contributed by atoms with Crippen LogP contribution in [0.25, 0.3) is 0 Å². The van der Waals surface area contributed by atoms with Gasteiger partial charge in [0.25, 0.3) is 0 Å². The van der Waals surface area contributed by atoms with Gasteiger partial charge in [-0.15, -0.1) is 0 Å². The second kappa shape index (κ2) is 4.32. The summed E-state index contributed by atoms with van der Waals surface area (Å²) >= 11 is 0. The van der Waals surface area contributed by atoms with Gasteiger partial charge in [0.05, 0.1) is 11.9 Å². The highest BCUT2D eigenvalue weighted by atomic mass is 14.9. The minimum Gasteiger partial charge on any atom is -0.384 e. The fraction of sp³-hybridized carbons (Fsp3) is 0.615. The Morgan fingerprint density at radius 3 is 2.88 bits per heavy atom. The molecule has 0 bridgehead atoms. The standard InChI is InChI=1S/C13H21N3/c1-13(2)7-3-4-10(8-13)16-11-5-6-12(14)15-9-11/h5-6,9-10,16H,3-4,7-8H2,1-2H3,(H2,14,15). The van der Waals surface area contributed by atoms with Crippen LogP contribution in [0.2, 0.25) is 0 Å². The first-order valence-corrected chi connectivity index (χ1v) is 6.03. The Morgan fingerprint density at radius 1 is 1.44 bits per heavy atom. The van der Waals surface area contributed by atoms with E-state index in [9.17, 15) is 0 Å². The maximum Gasteiger partial charge on any atom is 0.123 e. The van der Waals surface area contributed by atoms with E-state index in [-0.39, 0.29) is 0 Å². The van der Waals surface area contributed by atoms with Gasteiger partial charge in [0, 0.05) is 6.04 Å². The first-order valence-electron chi connectivity index (χ1n) is 6.03. The Hall–Kier alpha value is -1.25. The molecule has 1 aliphatic rings. The topological polar surface area (TPSA) is 50.9 Å². The number of nitrogens with zero attached hydrogens (tertiary/aromatic N) is 1. The highest BCUT2D eigenvalue weighted by molar-refractivity contribution is 5.46. The second-order valence-corrected chi connectivity index (χ2v) is 5.57. The summed E-state index contributed by atoms with van der Waals surface area (Å²) in [4.78, 5) is 4.10. The van der Waals surface area contributed by atoms with Crippen molar-refractivity contribution in [2.75, 3.05) is 11.1 Å². The third kappa shape index (κ3) is 2.87. The van der Waals surface area contributed by atoms with Crippen LogP contribution in [0.1, 0.15) is 39.5 Å². The lowest BCUT2D eigenvalue weighted by molar-refractivity contribution is 0.229. The molecule has 0 spiro atoms. The van der Waals surface area contributed by atoms with Gasteiger partial charge < -0.3 is 11.1 Å². The zero-order chi connectivity index (χ0) is 11.6. The van der Waals surface area contributed by atoms with E-state index in [1.807, 2.05) is 18.3 Å². The van der Waals surface area contributed by atoms with Crippen LogP contribution in [0, 0.1) is 5.41 Å². The molecule has 88 valence electrons. The number of nitrogens with two attached hydrogens (primary N) is 1. The summed E-state index contributed by atoms with van der Waals surface area (Å²) in [5.74, 6) is 0.578. The predicted molar refractivity (Wildman–Crippen MR) is 68.3 cm³/mol. The summed E-state index contributed by atoms with van der Waals surface area (Å²) < 4.78 is 0. The molecule has 2 rings (SSSR count). The van der Waals surface area contributed by atoms with Crippen LogP contribution in [0.15, 0.2) is 18.3 Å². The van der Waals surface area contributed by atoms with Crippen molar-refractivity contribution >= 4 is 11.5 Å². The van der Waals surface area contributed by atoms with E-state index in [1.54, 1.807) is 0 Å². The Labute approximate surface area is 97.5 Å². The van der Waals surface area contributed by atoms with E-state index in [4.69, 9.17) is 5.73 Å². The average molecular weight is 219 g/mol. The van der Waals surface area contributed by atoms with Crippen molar-refractivity contribution in [2.24, 2.45) is 5.41 Å². The molecular formula is C13H21N3. The molecule has 1 heterocycles. The highest BCUT2D eigenvalue weighted by Gasteiger charge is 2.27. The van der Waals surface area contributed by atoms with E-state index in [2.05, 4.69) is 24.1 Å². The molecule has 1 fully saturated rings. The summed E-state index contributed by atoms with van der Waals surface area (Å²) in [5, 5.41) is 3.55. The molecule has 3 heteroatoms. The molecule has 3 nitrogen and oxygen atoms in total. The minimum atomic E-state index is 0.469. The van der Waals surface area contributed by atoms with Gasteiger partial charge in [-0.25, -0.2) is 4.98 Å². The Balaban J connectivity index is 1.97. The molecule has 1 aliphatic carbocycles. The molecule has 0 saturated heterocycles. The van der Waals surface area contributed by atoms with Crippen LogP contribution >= 0.6 is 0 Å². The molecule has 0 aliphatic heterocycles. The third-order valence-electron chi connectivity index (χ3n) is 3.36. The maximum atomic E-state index is 5.56. The summed E-state index contributed by atoms with van der Waals surface area (Å²) in [6.45, 7) is 4.70. The summed E-state index contributed by atoms with van der Waals surface area (Å²) in [6.07, 6.45) is 6.96. The number of nitrogens with one attached hydrogen (secondary N) is 1. The maximum absolute atomic E-state index is 5.56. The summed E-state index contributed by atoms with van der Waals surface area (Å²) in [5.41, 5.74) is 7.11. The van der Waals surface area contributed by atoms with Crippen molar-refractivity contribution in [3.05, 3.63) is 18.3 Å². The zero-order valence-electron chi connectivity index (χ0n) is 10.2.